The van der Waals surface area contributed by atoms with Crippen LogP contribution < -0.4 is 5.73 Å². The molecule has 0 radical (unpaired) electrons. The second kappa shape index (κ2) is 7.96. The van der Waals surface area contributed by atoms with Crippen molar-refractivity contribution in [3.05, 3.63) is 21.4 Å². The van der Waals surface area contributed by atoms with Gasteiger partial charge in [0.25, 0.3) is 5.91 Å². The van der Waals surface area contributed by atoms with E-state index in [9.17, 15) is 13.2 Å². The molecule has 0 saturated carbocycles. The molecule has 5 nitrogen and oxygen atoms in total. The first-order chi connectivity index (χ1) is 10.2. The molecule has 1 saturated heterocycles. The minimum absolute atomic E-state index is 0. The molecule has 2 rings (SSSR count). The number of hydrogen-bond donors (Lipinski definition) is 1. The molecule has 1 aromatic rings. The van der Waals surface area contributed by atoms with Gasteiger partial charge in [-0.2, -0.15) is 0 Å². The van der Waals surface area contributed by atoms with Crippen molar-refractivity contribution in [2.75, 3.05) is 19.3 Å². The Labute approximate surface area is 148 Å². The number of halogens is 1. The molecule has 1 fully saturated rings. The maximum atomic E-state index is 12.8. The first-order valence-corrected chi connectivity index (χ1v) is 10.4. The topological polar surface area (TPSA) is 80.5 Å². The Bertz CT molecular complexity index is 658. The number of nitrogens with two attached hydrogens (primary N) is 1. The average molecular weight is 381 g/mol. The van der Waals surface area contributed by atoms with Gasteiger partial charge in [0.05, 0.1) is 10.6 Å². The monoisotopic (exact) mass is 380 g/mol. The number of piperidine rings is 1. The molecule has 0 spiro atoms. The number of carbonyl (C=O) groups is 1. The van der Waals surface area contributed by atoms with Crippen molar-refractivity contribution in [2.45, 2.75) is 38.5 Å². The normalized spacial score (nSPS) is 21.8. The van der Waals surface area contributed by atoms with E-state index in [0.29, 0.717) is 17.3 Å². The highest BCUT2D eigenvalue weighted by Crippen LogP contribution is 2.29. The molecule has 0 bridgehead atoms. The van der Waals surface area contributed by atoms with Crippen LogP contribution in [0.3, 0.4) is 0 Å². The molecule has 8 heteroatoms. The van der Waals surface area contributed by atoms with Gasteiger partial charge in [0.1, 0.15) is 0 Å². The molecule has 1 amide bonds. The van der Waals surface area contributed by atoms with Crippen LogP contribution >= 0.6 is 23.7 Å². The number of amides is 1. The number of hydrogen-bond acceptors (Lipinski definition) is 5. The zero-order valence-corrected chi connectivity index (χ0v) is 16.2. The number of sulfone groups is 1. The number of likely N-dealkylation sites (tertiary alicyclic amines) is 1. The van der Waals surface area contributed by atoms with Crippen LogP contribution in [0.15, 0.2) is 6.07 Å². The Morgan fingerprint density at radius 2 is 2.13 bits per heavy atom. The molecule has 2 atom stereocenters. The van der Waals surface area contributed by atoms with Gasteiger partial charge in [-0.25, -0.2) is 8.42 Å². The highest BCUT2D eigenvalue weighted by Gasteiger charge is 2.32. The molecule has 0 aromatic carbocycles. The molecule has 2 unspecified atom stereocenters. The smallest absolute Gasteiger partial charge is 0.264 e. The fraction of sp³-hybridized carbons (Fsp3) is 0.667. The van der Waals surface area contributed by atoms with Gasteiger partial charge in [-0.1, -0.05) is 6.92 Å². The van der Waals surface area contributed by atoms with E-state index in [-0.39, 0.29) is 30.1 Å². The van der Waals surface area contributed by atoms with E-state index in [2.05, 4.69) is 6.92 Å². The average Bonchev–Trinajstić information content (AvgIpc) is 2.77. The molecule has 2 heterocycles. The molecular weight excluding hydrogens is 356 g/mol. The van der Waals surface area contributed by atoms with Gasteiger partial charge in [-0.05, 0) is 37.3 Å². The first-order valence-electron chi connectivity index (χ1n) is 7.51. The van der Waals surface area contributed by atoms with Crippen LogP contribution in [0.2, 0.25) is 0 Å². The third kappa shape index (κ3) is 4.92. The van der Waals surface area contributed by atoms with Gasteiger partial charge in [-0.15, -0.1) is 23.7 Å². The van der Waals surface area contributed by atoms with Crippen LogP contribution in [0.1, 0.15) is 39.9 Å². The molecular formula is C15H25ClN2O3S2. The van der Waals surface area contributed by atoms with E-state index >= 15 is 0 Å². The Morgan fingerprint density at radius 1 is 1.48 bits per heavy atom. The Balaban J connectivity index is 0.00000264. The van der Waals surface area contributed by atoms with E-state index in [1.165, 1.54) is 17.6 Å². The van der Waals surface area contributed by atoms with Crippen molar-refractivity contribution in [2.24, 2.45) is 11.7 Å². The summed E-state index contributed by atoms with van der Waals surface area (Å²) in [7, 11) is -3.10. The predicted octanol–water partition coefficient (Wildman–Crippen LogP) is 2.22. The number of nitrogens with zero attached hydrogens (tertiary/aromatic N) is 1. The summed E-state index contributed by atoms with van der Waals surface area (Å²) < 4.78 is 22.9. The highest BCUT2D eigenvalue weighted by atomic mass is 35.5. The lowest BCUT2D eigenvalue weighted by molar-refractivity contribution is 0.0537. The van der Waals surface area contributed by atoms with Crippen LogP contribution in [-0.4, -0.2) is 44.6 Å². The summed E-state index contributed by atoms with van der Waals surface area (Å²) in [5.74, 6) is 0.369. The van der Waals surface area contributed by atoms with Gasteiger partial charge in [0, 0.05) is 30.3 Å². The van der Waals surface area contributed by atoms with Gasteiger partial charge >= 0.3 is 0 Å². The van der Waals surface area contributed by atoms with Gasteiger partial charge in [-0.3, -0.25) is 4.79 Å². The minimum atomic E-state index is -3.10. The molecule has 1 aliphatic rings. The predicted molar refractivity (Wildman–Crippen MR) is 97.1 cm³/mol. The number of aryl methyl sites for hydroxylation is 1. The molecule has 0 aliphatic carbocycles. The van der Waals surface area contributed by atoms with Crippen molar-refractivity contribution in [3.8, 4) is 0 Å². The highest BCUT2D eigenvalue weighted by molar-refractivity contribution is 7.89. The van der Waals surface area contributed by atoms with Gasteiger partial charge in [0.2, 0.25) is 0 Å². The largest absolute Gasteiger partial charge is 0.333 e. The van der Waals surface area contributed by atoms with Crippen molar-refractivity contribution < 1.29 is 13.2 Å². The van der Waals surface area contributed by atoms with Gasteiger partial charge in [0.15, 0.2) is 9.84 Å². The van der Waals surface area contributed by atoms with Crippen molar-refractivity contribution in [1.82, 2.24) is 4.90 Å². The summed E-state index contributed by atoms with van der Waals surface area (Å²) >= 11 is 1.37. The third-order valence-electron chi connectivity index (χ3n) is 4.27. The van der Waals surface area contributed by atoms with Gasteiger partial charge < -0.3 is 10.6 Å². The standard InChI is InChI=1S/C15H24N2O3S2.ClH/c1-10-5-4-6-17(13(10)8-16)15(18)14-7-12(11(2)21-14)9-22(3,19)20;/h7,10,13H,4-6,8-9,16H2,1-3H3;1H. The van der Waals surface area contributed by atoms with E-state index in [4.69, 9.17) is 5.73 Å². The minimum Gasteiger partial charge on any atom is -0.333 e. The molecule has 23 heavy (non-hydrogen) atoms. The quantitative estimate of drug-likeness (QED) is 0.868. The van der Waals surface area contributed by atoms with Crippen molar-refractivity contribution >= 4 is 39.5 Å². The van der Waals surface area contributed by atoms with Crippen LogP contribution in [0.4, 0.5) is 0 Å². The summed E-state index contributed by atoms with van der Waals surface area (Å²) in [6.45, 7) is 5.18. The fourth-order valence-corrected chi connectivity index (χ4v) is 5.01. The first kappa shape index (κ1) is 20.4. The van der Waals surface area contributed by atoms with E-state index in [1.54, 1.807) is 6.07 Å². The van der Waals surface area contributed by atoms with Crippen LogP contribution in [0.25, 0.3) is 0 Å². The van der Waals surface area contributed by atoms with E-state index < -0.39 is 9.84 Å². The number of rotatable bonds is 4. The number of thiophene rings is 1. The summed E-state index contributed by atoms with van der Waals surface area (Å²) in [4.78, 5) is 16.1. The Kier molecular flexibility index (Phi) is 7.07. The second-order valence-electron chi connectivity index (χ2n) is 6.18. The maximum Gasteiger partial charge on any atom is 0.264 e. The van der Waals surface area contributed by atoms with Crippen molar-refractivity contribution in [1.29, 1.82) is 0 Å². The molecule has 1 aliphatic heterocycles. The summed E-state index contributed by atoms with van der Waals surface area (Å²) in [6, 6.07) is 1.80. The summed E-state index contributed by atoms with van der Waals surface area (Å²) in [5, 5.41) is 0. The lowest BCUT2D eigenvalue weighted by Crippen LogP contribution is -2.51. The maximum absolute atomic E-state index is 12.8. The second-order valence-corrected chi connectivity index (χ2v) is 9.58. The zero-order chi connectivity index (χ0) is 16.5. The lowest BCUT2D eigenvalue weighted by atomic mass is 9.90. The molecule has 2 N–H and O–H groups in total. The Morgan fingerprint density at radius 3 is 2.70 bits per heavy atom. The van der Waals surface area contributed by atoms with Crippen LogP contribution in [0, 0.1) is 12.8 Å². The SMILES string of the molecule is Cc1sc(C(=O)N2CCCC(C)C2CN)cc1CS(C)(=O)=O.Cl. The van der Waals surface area contributed by atoms with Crippen LogP contribution in [0.5, 0.6) is 0 Å². The van der Waals surface area contributed by atoms with Crippen LogP contribution in [-0.2, 0) is 15.6 Å². The fourth-order valence-electron chi connectivity index (χ4n) is 3.05. The summed E-state index contributed by atoms with van der Waals surface area (Å²) in [5.41, 5.74) is 6.58. The third-order valence-corrected chi connectivity index (χ3v) is 6.18. The zero-order valence-electron chi connectivity index (χ0n) is 13.7. The lowest BCUT2D eigenvalue weighted by Gasteiger charge is -2.39. The van der Waals surface area contributed by atoms with E-state index in [1.807, 2.05) is 11.8 Å². The van der Waals surface area contributed by atoms with E-state index in [0.717, 1.165) is 29.8 Å². The molecule has 132 valence electrons. The number of carbonyl (C=O) groups excluding carboxylic acids is 1. The van der Waals surface area contributed by atoms with Crippen molar-refractivity contribution in [3.63, 3.8) is 0 Å². The summed E-state index contributed by atoms with van der Waals surface area (Å²) in [6.07, 6.45) is 3.29. The Hall–Kier alpha value is -0.630. The molecule has 1 aromatic heterocycles.